The number of aryl methyl sites for hydroxylation is 1. The lowest BCUT2D eigenvalue weighted by Crippen LogP contribution is -2.27. The van der Waals surface area contributed by atoms with Crippen LogP contribution in [0.3, 0.4) is 0 Å². The van der Waals surface area contributed by atoms with Crippen LogP contribution in [0, 0.1) is 17.0 Å². The molecular formula is C22H16N2O4S2. The van der Waals surface area contributed by atoms with Crippen LogP contribution in [0.1, 0.15) is 16.9 Å². The monoisotopic (exact) mass is 436 g/mol. The molecule has 3 aromatic rings. The topological polar surface area (TPSA) is 76.6 Å². The Morgan fingerprint density at radius 2 is 1.93 bits per heavy atom. The van der Waals surface area contributed by atoms with E-state index in [9.17, 15) is 14.9 Å². The molecule has 30 heavy (non-hydrogen) atoms. The zero-order valence-electron chi connectivity index (χ0n) is 15.9. The van der Waals surface area contributed by atoms with Gasteiger partial charge in [0.2, 0.25) is 0 Å². The third kappa shape index (κ3) is 4.05. The van der Waals surface area contributed by atoms with E-state index < -0.39 is 4.92 Å². The van der Waals surface area contributed by atoms with E-state index in [0.29, 0.717) is 38.4 Å². The van der Waals surface area contributed by atoms with Gasteiger partial charge in [-0.15, -0.1) is 0 Å². The first-order chi connectivity index (χ1) is 14.4. The molecule has 1 aromatic heterocycles. The zero-order chi connectivity index (χ0) is 21.3. The Morgan fingerprint density at radius 3 is 2.67 bits per heavy atom. The third-order valence-electron chi connectivity index (χ3n) is 4.65. The smallest absolute Gasteiger partial charge is 0.273 e. The predicted octanol–water partition coefficient (Wildman–Crippen LogP) is 5.56. The van der Waals surface area contributed by atoms with Crippen LogP contribution in [0.4, 0.5) is 5.69 Å². The highest BCUT2D eigenvalue weighted by Gasteiger charge is 2.32. The van der Waals surface area contributed by atoms with Gasteiger partial charge < -0.3 is 4.42 Å². The van der Waals surface area contributed by atoms with Gasteiger partial charge >= 0.3 is 0 Å². The van der Waals surface area contributed by atoms with Gasteiger partial charge in [-0.1, -0.05) is 66.4 Å². The van der Waals surface area contributed by atoms with Crippen molar-refractivity contribution < 1.29 is 14.1 Å². The molecule has 2 aromatic carbocycles. The summed E-state index contributed by atoms with van der Waals surface area (Å²) in [5, 5.41) is 11.2. The van der Waals surface area contributed by atoms with E-state index >= 15 is 0 Å². The lowest BCUT2D eigenvalue weighted by atomic mass is 10.1. The van der Waals surface area contributed by atoms with Gasteiger partial charge in [0, 0.05) is 23.3 Å². The van der Waals surface area contributed by atoms with Gasteiger partial charge in [0.05, 0.1) is 16.4 Å². The average molecular weight is 437 g/mol. The first kappa shape index (κ1) is 20.1. The molecule has 1 fully saturated rings. The fourth-order valence-corrected chi connectivity index (χ4v) is 4.31. The lowest BCUT2D eigenvalue weighted by Gasteiger charge is -2.14. The van der Waals surface area contributed by atoms with Crippen molar-refractivity contribution in [2.75, 3.05) is 0 Å². The summed E-state index contributed by atoms with van der Waals surface area (Å²) in [5.41, 5.74) is 2.21. The molecule has 0 bridgehead atoms. The Morgan fingerprint density at radius 1 is 1.17 bits per heavy atom. The van der Waals surface area contributed by atoms with E-state index in [1.165, 1.54) is 17.8 Å². The van der Waals surface area contributed by atoms with E-state index in [2.05, 4.69) is 0 Å². The van der Waals surface area contributed by atoms with Gasteiger partial charge in [-0.25, -0.2) is 0 Å². The molecule has 150 valence electrons. The fourth-order valence-electron chi connectivity index (χ4n) is 3.08. The second kappa shape index (κ2) is 8.25. The van der Waals surface area contributed by atoms with E-state index in [1.807, 2.05) is 30.3 Å². The maximum atomic E-state index is 12.8. The SMILES string of the molecule is Cc1ccc(-c2ccc(/C=C3\SC(=S)N(Cc4ccccc4)C3=O)o2)cc1[N+](=O)[O-]. The van der Waals surface area contributed by atoms with Crippen molar-refractivity contribution in [2.24, 2.45) is 0 Å². The van der Waals surface area contributed by atoms with E-state index in [0.717, 1.165) is 5.56 Å². The van der Waals surface area contributed by atoms with E-state index in [4.69, 9.17) is 16.6 Å². The fraction of sp³-hybridized carbons (Fsp3) is 0.0909. The molecule has 0 saturated carbocycles. The summed E-state index contributed by atoms with van der Waals surface area (Å²) >= 11 is 6.60. The van der Waals surface area contributed by atoms with E-state index in [1.54, 1.807) is 42.2 Å². The highest BCUT2D eigenvalue weighted by molar-refractivity contribution is 8.26. The molecule has 0 spiro atoms. The zero-order valence-corrected chi connectivity index (χ0v) is 17.5. The molecule has 2 heterocycles. The van der Waals surface area contributed by atoms with Crippen molar-refractivity contribution in [3.63, 3.8) is 0 Å². The van der Waals surface area contributed by atoms with Crippen LogP contribution >= 0.6 is 24.0 Å². The van der Waals surface area contributed by atoms with Gasteiger partial charge in [0.1, 0.15) is 15.8 Å². The molecule has 6 nitrogen and oxygen atoms in total. The predicted molar refractivity (Wildman–Crippen MR) is 121 cm³/mol. The van der Waals surface area contributed by atoms with Crippen molar-refractivity contribution in [1.29, 1.82) is 0 Å². The molecule has 0 atom stereocenters. The molecule has 0 radical (unpaired) electrons. The molecule has 0 N–H and O–H groups in total. The Bertz CT molecular complexity index is 1180. The van der Waals surface area contributed by atoms with Gasteiger partial charge in [-0.05, 0) is 24.6 Å². The minimum Gasteiger partial charge on any atom is -0.457 e. The van der Waals surface area contributed by atoms with Crippen molar-refractivity contribution in [1.82, 2.24) is 4.90 Å². The lowest BCUT2D eigenvalue weighted by molar-refractivity contribution is -0.385. The number of hydrogen-bond acceptors (Lipinski definition) is 6. The Balaban J connectivity index is 1.56. The average Bonchev–Trinajstić information content (AvgIpc) is 3.29. The number of nitrogens with zero attached hydrogens (tertiary/aromatic N) is 2. The van der Waals surface area contributed by atoms with Crippen molar-refractivity contribution >= 4 is 46.0 Å². The Hall–Kier alpha value is -3.23. The number of thiocarbonyl (C=S) groups is 1. The summed E-state index contributed by atoms with van der Waals surface area (Å²) in [6.07, 6.45) is 1.65. The van der Waals surface area contributed by atoms with Crippen molar-refractivity contribution in [3.05, 3.63) is 92.6 Å². The molecular weight excluding hydrogens is 420 g/mol. The van der Waals surface area contributed by atoms with Crippen molar-refractivity contribution in [2.45, 2.75) is 13.5 Å². The quantitative estimate of drug-likeness (QED) is 0.225. The van der Waals surface area contributed by atoms with Gasteiger partial charge in [-0.2, -0.15) is 0 Å². The number of benzene rings is 2. The molecule has 4 rings (SSSR count). The molecule has 8 heteroatoms. The number of carbonyl (C=O) groups is 1. The summed E-state index contributed by atoms with van der Waals surface area (Å²) in [6.45, 7) is 2.10. The third-order valence-corrected chi connectivity index (χ3v) is 6.03. The first-order valence-electron chi connectivity index (χ1n) is 9.07. The molecule has 1 aliphatic rings. The summed E-state index contributed by atoms with van der Waals surface area (Å²) in [6, 6.07) is 18.0. The van der Waals surface area contributed by atoms with Crippen LogP contribution in [0.15, 0.2) is 70.0 Å². The molecule has 1 saturated heterocycles. The van der Waals surface area contributed by atoms with Gasteiger partial charge in [0.15, 0.2) is 0 Å². The van der Waals surface area contributed by atoms with Crippen LogP contribution in [-0.4, -0.2) is 20.1 Å². The molecule has 0 unspecified atom stereocenters. The minimum absolute atomic E-state index is 0.0345. The summed E-state index contributed by atoms with van der Waals surface area (Å²) in [5.74, 6) is 0.801. The number of rotatable bonds is 5. The summed E-state index contributed by atoms with van der Waals surface area (Å²) in [7, 11) is 0. The van der Waals surface area contributed by atoms with Crippen LogP contribution < -0.4 is 0 Å². The maximum absolute atomic E-state index is 12.8. The normalized spacial score (nSPS) is 15.2. The number of nitro groups is 1. The number of thioether (sulfide) groups is 1. The van der Waals surface area contributed by atoms with Crippen LogP contribution in [0.25, 0.3) is 17.4 Å². The standard InChI is InChI=1S/C22H16N2O4S2/c1-14-7-8-16(11-18(14)24(26)27)19-10-9-17(28-19)12-20-21(25)23(22(29)30-20)13-15-5-3-2-4-6-15/h2-12H,13H2,1H3/b20-12-. The highest BCUT2D eigenvalue weighted by Crippen LogP contribution is 2.35. The molecule has 1 aliphatic heterocycles. The second-order valence-corrected chi connectivity index (χ2v) is 8.39. The summed E-state index contributed by atoms with van der Waals surface area (Å²) < 4.78 is 6.31. The van der Waals surface area contributed by atoms with E-state index in [-0.39, 0.29) is 11.6 Å². The number of hydrogen-bond donors (Lipinski definition) is 0. The minimum atomic E-state index is -0.416. The number of nitro benzene ring substituents is 1. The Kier molecular flexibility index (Phi) is 5.52. The Labute approximate surface area is 182 Å². The number of carbonyl (C=O) groups excluding carboxylic acids is 1. The molecule has 1 amide bonds. The second-order valence-electron chi connectivity index (χ2n) is 6.71. The summed E-state index contributed by atoms with van der Waals surface area (Å²) in [4.78, 5) is 25.6. The van der Waals surface area contributed by atoms with Crippen molar-refractivity contribution in [3.8, 4) is 11.3 Å². The largest absolute Gasteiger partial charge is 0.457 e. The van der Waals surface area contributed by atoms with Crippen LogP contribution in [0.2, 0.25) is 0 Å². The number of amides is 1. The number of furan rings is 1. The maximum Gasteiger partial charge on any atom is 0.273 e. The van der Waals surface area contributed by atoms with Gasteiger partial charge in [0.25, 0.3) is 11.6 Å². The first-order valence-corrected chi connectivity index (χ1v) is 10.3. The highest BCUT2D eigenvalue weighted by atomic mass is 32.2. The van der Waals surface area contributed by atoms with Crippen LogP contribution in [-0.2, 0) is 11.3 Å². The van der Waals surface area contributed by atoms with Gasteiger partial charge in [-0.3, -0.25) is 19.8 Å². The van der Waals surface area contributed by atoms with Crippen LogP contribution in [0.5, 0.6) is 0 Å². The molecule has 0 aliphatic carbocycles.